The number of rotatable bonds is 12. The summed E-state index contributed by atoms with van der Waals surface area (Å²) in [6, 6.07) is 30.7. The molecule has 1 N–H and O–H groups in total. The van der Waals surface area contributed by atoms with Crippen molar-refractivity contribution in [3.05, 3.63) is 125 Å². The Bertz CT molecular complexity index is 1750. The molecule has 5 aromatic rings. The zero-order valence-corrected chi connectivity index (χ0v) is 27.0. The van der Waals surface area contributed by atoms with Crippen LogP contribution >= 0.6 is 0 Å². The molecular formula is C39H42N2O5. The average molecular weight is 619 g/mol. The Morgan fingerprint density at radius 3 is 2.17 bits per heavy atom. The van der Waals surface area contributed by atoms with Crippen molar-refractivity contribution >= 4 is 0 Å². The zero-order valence-electron chi connectivity index (χ0n) is 27.0. The van der Waals surface area contributed by atoms with E-state index in [-0.39, 0.29) is 5.92 Å². The van der Waals surface area contributed by atoms with Crippen molar-refractivity contribution in [1.82, 2.24) is 10.1 Å². The number of fused-ring (bicyclic) bond motifs is 1. The minimum Gasteiger partial charge on any atom is -0.488 e. The fourth-order valence-electron chi connectivity index (χ4n) is 5.94. The van der Waals surface area contributed by atoms with E-state index in [1.54, 1.807) is 0 Å². The van der Waals surface area contributed by atoms with E-state index in [0.717, 1.165) is 53.1 Å². The number of nitrogens with zero attached hydrogens (tertiary/aromatic N) is 2. The van der Waals surface area contributed by atoms with Crippen molar-refractivity contribution in [2.75, 3.05) is 20.2 Å². The lowest BCUT2D eigenvalue weighted by atomic mass is 9.91. The lowest BCUT2D eigenvalue weighted by molar-refractivity contribution is -0.102. The maximum absolute atomic E-state index is 11.1. The van der Waals surface area contributed by atoms with Crippen LogP contribution in [0.4, 0.5) is 0 Å². The number of aliphatic hydroxyl groups excluding tert-OH is 1. The van der Waals surface area contributed by atoms with Gasteiger partial charge in [-0.2, -0.15) is 0 Å². The average Bonchev–Trinajstić information content (AvgIpc) is 3.52. The number of hydrogen-bond acceptors (Lipinski definition) is 7. The number of aliphatic hydroxyl groups is 1. The van der Waals surface area contributed by atoms with Gasteiger partial charge >= 0.3 is 0 Å². The lowest BCUT2D eigenvalue weighted by Gasteiger charge is -2.25. The summed E-state index contributed by atoms with van der Waals surface area (Å²) in [6.07, 6.45) is -0.300. The third kappa shape index (κ3) is 7.02. The number of hydrogen-bond donors (Lipinski definition) is 1. The van der Waals surface area contributed by atoms with Crippen LogP contribution < -0.4 is 9.47 Å². The first-order chi connectivity index (χ1) is 22.4. The van der Waals surface area contributed by atoms with E-state index in [1.165, 1.54) is 11.1 Å². The molecule has 1 aromatic heterocycles. The molecule has 0 radical (unpaired) electrons. The highest BCUT2D eigenvalue weighted by molar-refractivity contribution is 5.85. The summed E-state index contributed by atoms with van der Waals surface area (Å²) in [5.41, 5.74) is 8.41. The number of ether oxygens (including phenoxy) is 3. The molecule has 6 rings (SSSR count). The Kier molecular flexibility index (Phi) is 9.83. The normalized spacial score (nSPS) is 13.9. The van der Waals surface area contributed by atoms with Gasteiger partial charge in [-0.05, 0) is 65.8 Å². The van der Waals surface area contributed by atoms with Crippen LogP contribution in [0, 0.1) is 0 Å². The first kappa shape index (κ1) is 31.5. The molecule has 0 fully saturated rings. The van der Waals surface area contributed by atoms with E-state index < -0.39 is 6.29 Å². The molecule has 238 valence electrons. The maximum atomic E-state index is 11.1. The Morgan fingerprint density at radius 1 is 0.848 bits per heavy atom. The van der Waals surface area contributed by atoms with Gasteiger partial charge in [-0.15, -0.1) is 0 Å². The summed E-state index contributed by atoms with van der Waals surface area (Å²) in [4.78, 5) is 2.32. The number of benzene rings is 4. The van der Waals surface area contributed by atoms with Gasteiger partial charge in [0.05, 0.1) is 11.1 Å². The van der Waals surface area contributed by atoms with Gasteiger partial charge in [0.25, 0.3) is 0 Å². The predicted molar refractivity (Wildman–Crippen MR) is 180 cm³/mol. The van der Waals surface area contributed by atoms with Crippen molar-refractivity contribution in [3.63, 3.8) is 0 Å². The number of aromatic nitrogens is 1. The van der Waals surface area contributed by atoms with Crippen molar-refractivity contribution in [2.24, 2.45) is 0 Å². The van der Waals surface area contributed by atoms with Gasteiger partial charge in [0.2, 0.25) is 6.29 Å². The second-order valence-electron chi connectivity index (χ2n) is 12.1. The Hall–Kier alpha value is -4.43. The highest BCUT2D eigenvalue weighted by Gasteiger charge is 2.29. The van der Waals surface area contributed by atoms with Gasteiger partial charge in [-0.3, -0.25) is 0 Å². The molecule has 7 nitrogen and oxygen atoms in total. The SMILES string of the molecule is CCOC(O)c1noc(-c2cc(C(C)C)c(OCc3ccccc3)cc2OCc2ccccc2)c1-c1ccc2c(c1)CCN(C)C2. The molecule has 1 atom stereocenters. The van der Waals surface area contributed by atoms with Crippen molar-refractivity contribution < 1.29 is 23.8 Å². The molecule has 2 heterocycles. The fourth-order valence-corrected chi connectivity index (χ4v) is 5.94. The molecule has 1 aliphatic rings. The van der Waals surface area contributed by atoms with Gasteiger partial charge in [-0.1, -0.05) is 97.9 Å². The minimum absolute atomic E-state index is 0.147. The molecule has 0 spiro atoms. The maximum Gasteiger partial charge on any atom is 0.202 e. The summed E-state index contributed by atoms with van der Waals surface area (Å²) in [6.45, 7) is 9.14. The molecule has 4 aromatic carbocycles. The Morgan fingerprint density at radius 2 is 1.52 bits per heavy atom. The second-order valence-corrected chi connectivity index (χ2v) is 12.1. The van der Waals surface area contributed by atoms with E-state index >= 15 is 0 Å². The summed E-state index contributed by atoms with van der Waals surface area (Å²) in [7, 11) is 2.14. The van der Waals surface area contributed by atoms with Crippen molar-refractivity contribution in [3.8, 4) is 33.9 Å². The van der Waals surface area contributed by atoms with E-state index in [2.05, 4.69) is 67.3 Å². The number of likely N-dealkylation sites (N-methyl/N-ethyl adjacent to an activating group) is 1. The predicted octanol–water partition coefficient (Wildman–Crippen LogP) is 8.31. The Labute approximate surface area is 271 Å². The molecule has 46 heavy (non-hydrogen) atoms. The van der Waals surface area contributed by atoms with Crippen molar-refractivity contribution in [2.45, 2.75) is 59.2 Å². The van der Waals surface area contributed by atoms with Gasteiger partial charge in [0.1, 0.15) is 30.4 Å². The molecule has 0 bridgehead atoms. The second kappa shape index (κ2) is 14.3. The van der Waals surface area contributed by atoms with Crippen LogP contribution in [0.25, 0.3) is 22.5 Å². The molecule has 0 saturated carbocycles. The Balaban J connectivity index is 1.49. The minimum atomic E-state index is -1.24. The summed E-state index contributed by atoms with van der Waals surface area (Å²) < 4.78 is 24.8. The van der Waals surface area contributed by atoms with Crippen LogP contribution in [0.2, 0.25) is 0 Å². The van der Waals surface area contributed by atoms with Crippen molar-refractivity contribution in [1.29, 1.82) is 0 Å². The van der Waals surface area contributed by atoms with Gasteiger partial charge in [0.15, 0.2) is 5.76 Å². The molecule has 7 heteroatoms. The van der Waals surface area contributed by atoms with Crippen LogP contribution in [-0.4, -0.2) is 35.4 Å². The van der Waals surface area contributed by atoms with Gasteiger partial charge in [-0.25, -0.2) is 0 Å². The first-order valence-corrected chi connectivity index (χ1v) is 16.0. The molecule has 1 unspecified atom stereocenters. The topological polar surface area (TPSA) is 77.2 Å². The fraction of sp³-hybridized carbons (Fsp3) is 0.308. The van der Waals surface area contributed by atoms with Crippen LogP contribution in [0.5, 0.6) is 11.5 Å². The molecule has 1 aliphatic heterocycles. The van der Waals surface area contributed by atoms with E-state index in [0.29, 0.717) is 42.6 Å². The van der Waals surface area contributed by atoms with Crippen LogP contribution in [0.1, 0.15) is 66.5 Å². The third-order valence-corrected chi connectivity index (χ3v) is 8.43. The van der Waals surface area contributed by atoms with Gasteiger partial charge < -0.3 is 28.7 Å². The van der Waals surface area contributed by atoms with E-state index in [1.807, 2.05) is 61.5 Å². The third-order valence-electron chi connectivity index (χ3n) is 8.43. The smallest absolute Gasteiger partial charge is 0.202 e. The van der Waals surface area contributed by atoms with Gasteiger partial charge in [0, 0.05) is 25.8 Å². The van der Waals surface area contributed by atoms with Crippen LogP contribution in [0.3, 0.4) is 0 Å². The zero-order chi connectivity index (χ0) is 32.0. The van der Waals surface area contributed by atoms with Crippen LogP contribution in [0.15, 0.2) is 95.5 Å². The molecule has 0 amide bonds. The van der Waals surface area contributed by atoms with E-state index in [4.69, 9.17) is 18.7 Å². The highest BCUT2D eigenvalue weighted by Crippen LogP contribution is 2.46. The van der Waals surface area contributed by atoms with E-state index in [9.17, 15) is 5.11 Å². The highest BCUT2D eigenvalue weighted by atomic mass is 16.6. The quantitative estimate of drug-likeness (QED) is 0.141. The van der Waals surface area contributed by atoms with Crippen LogP contribution in [-0.2, 0) is 30.9 Å². The lowest BCUT2D eigenvalue weighted by Crippen LogP contribution is -2.26. The molecule has 0 saturated heterocycles. The standard InChI is InChI=1S/C39H42N2O5/c1-5-43-39(42)37-36(30-16-17-31-23-41(4)19-18-29(31)20-30)38(46-40-37)33-21-32(26(2)3)34(44-24-27-12-8-6-9-13-27)22-35(33)45-25-28-14-10-7-11-15-28/h6-17,20-22,26,39,42H,5,18-19,23-25H2,1-4H3. The summed E-state index contributed by atoms with van der Waals surface area (Å²) in [5, 5.41) is 15.5. The molecular weight excluding hydrogens is 576 g/mol. The summed E-state index contributed by atoms with van der Waals surface area (Å²) in [5.74, 6) is 2.01. The summed E-state index contributed by atoms with van der Waals surface area (Å²) >= 11 is 0. The monoisotopic (exact) mass is 618 g/mol. The first-order valence-electron chi connectivity index (χ1n) is 16.0. The molecule has 0 aliphatic carbocycles. The largest absolute Gasteiger partial charge is 0.488 e.